The molecule has 1 fully saturated rings. The Bertz CT molecular complexity index is 329. The Morgan fingerprint density at radius 1 is 1.53 bits per heavy atom. The Morgan fingerprint density at radius 2 is 2.18 bits per heavy atom. The van der Waals surface area contributed by atoms with Crippen LogP contribution in [-0.4, -0.2) is 42.4 Å². The van der Waals surface area contributed by atoms with Crippen LogP contribution in [0.1, 0.15) is 27.2 Å². The van der Waals surface area contributed by atoms with Gasteiger partial charge in [0.05, 0.1) is 6.10 Å². The van der Waals surface area contributed by atoms with Crippen LogP contribution in [0.15, 0.2) is 0 Å². The number of amides is 2. The van der Waals surface area contributed by atoms with E-state index in [1.165, 1.54) is 6.92 Å². The van der Waals surface area contributed by atoms with Crippen LogP contribution in [0.5, 0.6) is 0 Å². The molecule has 0 spiro atoms. The largest absolute Gasteiger partial charge is 0.368 e. The first kappa shape index (κ1) is 13.6. The minimum absolute atomic E-state index is 0.0308. The van der Waals surface area contributed by atoms with Gasteiger partial charge in [0.1, 0.15) is 18.7 Å². The summed E-state index contributed by atoms with van der Waals surface area (Å²) in [5.41, 5.74) is 0. The highest BCUT2D eigenvalue weighted by atomic mass is 16.5. The average Bonchev–Trinajstić information content (AvgIpc) is 2.57. The van der Waals surface area contributed by atoms with E-state index < -0.39 is 12.1 Å². The molecular formula is C11H18N2O4. The highest BCUT2D eigenvalue weighted by molar-refractivity contribution is 5.94. The third-order valence-electron chi connectivity index (χ3n) is 2.70. The van der Waals surface area contributed by atoms with Crippen LogP contribution in [0.3, 0.4) is 0 Å². The van der Waals surface area contributed by atoms with Crippen molar-refractivity contribution in [1.82, 2.24) is 10.6 Å². The van der Waals surface area contributed by atoms with Gasteiger partial charge in [-0.3, -0.25) is 14.4 Å². The number of nitrogens with one attached hydrogen (secondary N) is 2. The van der Waals surface area contributed by atoms with Gasteiger partial charge >= 0.3 is 0 Å². The van der Waals surface area contributed by atoms with E-state index in [0.29, 0.717) is 6.42 Å². The van der Waals surface area contributed by atoms with Gasteiger partial charge in [0.2, 0.25) is 11.8 Å². The van der Waals surface area contributed by atoms with Crippen LogP contribution in [0, 0.1) is 0 Å². The van der Waals surface area contributed by atoms with Crippen LogP contribution < -0.4 is 10.6 Å². The summed E-state index contributed by atoms with van der Waals surface area (Å²) in [4.78, 5) is 34.2. The molecule has 6 nitrogen and oxygen atoms in total. The first-order valence-electron chi connectivity index (χ1n) is 5.67. The van der Waals surface area contributed by atoms with Crippen molar-refractivity contribution >= 4 is 17.6 Å². The number of hydrogen-bond acceptors (Lipinski definition) is 4. The van der Waals surface area contributed by atoms with Gasteiger partial charge in [-0.2, -0.15) is 0 Å². The van der Waals surface area contributed by atoms with Crippen molar-refractivity contribution in [2.75, 3.05) is 6.61 Å². The van der Waals surface area contributed by atoms with E-state index >= 15 is 0 Å². The molecule has 0 aliphatic carbocycles. The van der Waals surface area contributed by atoms with Gasteiger partial charge in [-0.1, -0.05) is 6.92 Å². The second kappa shape index (κ2) is 5.77. The quantitative estimate of drug-likeness (QED) is 0.687. The topological polar surface area (TPSA) is 84.5 Å². The number of ether oxygens (including phenoxy) is 1. The van der Waals surface area contributed by atoms with Crippen molar-refractivity contribution in [3.05, 3.63) is 0 Å². The second-order valence-electron chi connectivity index (χ2n) is 4.13. The van der Waals surface area contributed by atoms with Gasteiger partial charge in [0.25, 0.3) is 0 Å². The first-order valence-corrected chi connectivity index (χ1v) is 5.67. The summed E-state index contributed by atoms with van der Waals surface area (Å²) in [6, 6.07) is -1.21. The molecule has 0 radical (unpaired) electrons. The van der Waals surface area contributed by atoms with E-state index in [9.17, 15) is 14.4 Å². The van der Waals surface area contributed by atoms with E-state index in [0.717, 1.165) is 0 Å². The number of ketones is 1. The summed E-state index contributed by atoms with van der Waals surface area (Å²) in [7, 11) is 0. The molecule has 1 heterocycles. The van der Waals surface area contributed by atoms with Gasteiger partial charge < -0.3 is 15.4 Å². The molecule has 0 aromatic carbocycles. The molecule has 6 heteroatoms. The van der Waals surface area contributed by atoms with Crippen molar-refractivity contribution in [1.29, 1.82) is 0 Å². The smallest absolute Gasteiger partial charge is 0.243 e. The molecule has 0 bridgehead atoms. The van der Waals surface area contributed by atoms with Gasteiger partial charge in [0, 0.05) is 6.92 Å². The Kier molecular flexibility index (Phi) is 4.62. The Labute approximate surface area is 100 Å². The fraction of sp³-hybridized carbons (Fsp3) is 0.727. The zero-order valence-electron chi connectivity index (χ0n) is 10.3. The van der Waals surface area contributed by atoms with E-state index in [4.69, 9.17) is 4.74 Å². The summed E-state index contributed by atoms with van der Waals surface area (Å²) in [5, 5.41) is 5.14. The van der Waals surface area contributed by atoms with Crippen LogP contribution in [0.2, 0.25) is 0 Å². The summed E-state index contributed by atoms with van der Waals surface area (Å²) < 4.78 is 5.12. The molecule has 0 unspecified atom stereocenters. The van der Waals surface area contributed by atoms with Crippen LogP contribution >= 0.6 is 0 Å². The molecule has 1 rings (SSSR count). The van der Waals surface area contributed by atoms with Crippen LogP contribution in [0.25, 0.3) is 0 Å². The van der Waals surface area contributed by atoms with E-state index in [1.807, 2.05) is 0 Å². The lowest BCUT2D eigenvalue weighted by atomic mass is 10.1. The standard InChI is InChI=1S/C11H18N2O4/c1-4-8(12-7(3)14)11(16)13-10-6(2)17-5-9(10)15/h6,8,10H,4-5H2,1-3H3,(H,12,14)(H,13,16)/t6-,8-,10+/m0/s1. The minimum Gasteiger partial charge on any atom is -0.368 e. The van der Waals surface area contributed by atoms with Crippen LogP contribution in [0.4, 0.5) is 0 Å². The minimum atomic E-state index is -0.606. The Balaban J connectivity index is 2.57. The van der Waals surface area contributed by atoms with Crippen molar-refractivity contribution in [3.63, 3.8) is 0 Å². The van der Waals surface area contributed by atoms with E-state index in [-0.39, 0.29) is 30.3 Å². The second-order valence-corrected chi connectivity index (χ2v) is 4.13. The highest BCUT2D eigenvalue weighted by Gasteiger charge is 2.35. The van der Waals surface area contributed by atoms with E-state index in [1.54, 1.807) is 13.8 Å². The molecular weight excluding hydrogens is 224 g/mol. The monoisotopic (exact) mass is 242 g/mol. The van der Waals surface area contributed by atoms with E-state index in [2.05, 4.69) is 10.6 Å². The lowest BCUT2D eigenvalue weighted by Gasteiger charge is -2.20. The van der Waals surface area contributed by atoms with Crippen molar-refractivity contribution < 1.29 is 19.1 Å². The summed E-state index contributed by atoms with van der Waals surface area (Å²) in [6.07, 6.45) is 0.156. The van der Waals surface area contributed by atoms with Gasteiger partial charge in [0.15, 0.2) is 5.78 Å². The number of Topliss-reactive ketones (excluding diaryl/α,β-unsaturated/α-hetero) is 1. The normalized spacial score (nSPS) is 25.5. The molecule has 96 valence electrons. The van der Waals surface area contributed by atoms with Crippen LogP contribution in [-0.2, 0) is 19.1 Å². The van der Waals surface area contributed by atoms with Crippen molar-refractivity contribution in [2.45, 2.75) is 45.4 Å². The molecule has 17 heavy (non-hydrogen) atoms. The molecule has 3 atom stereocenters. The molecule has 1 aliphatic heterocycles. The average molecular weight is 242 g/mol. The lowest BCUT2D eigenvalue weighted by Crippen LogP contribution is -2.52. The molecule has 0 aromatic heterocycles. The number of carbonyl (C=O) groups is 3. The molecule has 1 aliphatic rings. The maximum absolute atomic E-state index is 11.8. The number of rotatable bonds is 4. The molecule has 2 amide bonds. The third-order valence-corrected chi connectivity index (χ3v) is 2.70. The van der Waals surface area contributed by atoms with Gasteiger partial charge in [-0.15, -0.1) is 0 Å². The third kappa shape index (κ3) is 3.52. The first-order chi connectivity index (χ1) is 7.95. The fourth-order valence-electron chi connectivity index (χ4n) is 1.71. The molecule has 0 saturated carbocycles. The summed E-state index contributed by atoms with van der Waals surface area (Å²) in [5.74, 6) is -0.754. The summed E-state index contributed by atoms with van der Waals surface area (Å²) >= 11 is 0. The molecule has 2 N–H and O–H groups in total. The fourth-order valence-corrected chi connectivity index (χ4v) is 1.71. The van der Waals surface area contributed by atoms with Gasteiger partial charge in [-0.05, 0) is 13.3 Å². The number of carbonyl (C=O) groups excluding carboxylic acids is 3. The van der Waals surface area contributed by atoms with Crippen molar-refractivity contribution in [2.24, 2.45) is 0 Å². The maximum atomic E-state index is 11.8. The lowest BCUT2D eigenvalue weighted by molar-refractivity contribution is -0.130. The number of hydrogen-bond donors (Lipinski definition) is 2. The Morgan fingerprint density at radius 3 is 2.59 bits per heavy atom. The molecule has 1 saturated heterocycles. The maximum Gasteiger partial charge on any atom is 0.243 e. The Hall–Kier alpha value is -1.43. The zero-order valence-corrected chi connectivity index (χ0v) is 10.3. The summed E-state index contributed by atoms with van der Waals surface area (Å²) in [6.45, 7) is 4.90. The van der Waals surface area contributed by atoms with Crippen molar-refractivity contribution in [3.8, 4) is 0 Å². The van der Waals surface area contributed by atoms with Gasteiger partial charge in [-0.25, -0.2) is 0 Å². The predicted molar refractivity (Wildman–Crippen MR) is 60.2 cm³/mol. The predicted octanol–water partition coefficient (Wildman–Crippen LogP) is -0.626. The highest BCUT2D eigenvalue weighted by Crippen LogP contribution is 2.09. The molecule has 0 aromatic rings. The zero-order chi connectivity index (χ0) is 13.0. The SMILES string of the molecule is CC[C@H](NC(C)=O)C(=O)N[C@H]1C(=O)CO[C@H]1C.